The van der Waals surface area contributed by atoms with Gasteiger partial charge in [-0.25, -0.2) is 0 Å². The summed E-state index contributed by atoms with van der Waals surface area (Å²) in [6.07, 6.45) is 4.54. The summed E-state index contributed by atoms with van der Waals surface area (Å²) in [7, 11) is 0. The Bertz CT molecular complexity index is 368. The molecule has 1 amide bonds. The molecular formula is C12H18N4O. The average Bonchev–Trinajstić information content (AvgIpc) is 2.52. The van der Waals surface area contributed by atoms with Gasteiger partial charge in [-0.1, -0.05) is 6.07 Å². The number of aromatic nitrogens is 1. The Morgan fingerprint density at radius 3 is 3.18 bits per heavy atom. The van der Waals surface area contributed by atoms with Crippen molar-refractivity contribution < 1.29 is 4.79 Å². The molecule has 1 aromatic rings. The van der Waals surface area contributed by atoms with Crippen LogP contribution in [0.4, 0.5) is 0 Å². The van der Waals surface area contributed by atoms with E-state index in [2.05, 4.69) is 15.2 Å². The zero-order valence-electron chi connectivity index (χ0n) is 9.80. The molecule has 1 aliphatic rings. The first-order valence-corrected chi connectivity index (χ1v) is 5.92. The number of pyridine rings is 1. The maximum atomic E-state index is 11.8. The van der Waals surface area contributed by atoms with Gasteiger partial charge >= 0.3 is 0 Å². The summed E-state index contributed by atoms with van der Waals surface area (Å²) in [6, 6.07) is 3.70. The number of carbonyl (C=O) groups excluding carboxylic acids is 1. The fraction of sp³-hybridized carbons (Fsp3) is 0.500. The summed E-state index contributed by atoms with van der Waals surface area (Å²) in [4.78, 5) is 18.0. The molecule has 1 saturated heterocycles. The van der Waals surface area contributed by atoms with E-state index in [1.54, 1.807) is 6.20 Å². The highest BCUT2D eigenvalue weighted by atomic mass is 16.2. The van der Waals surface area contributed by atoms with Gasteiger partial charge in [-0.2, -0.15) is 0 Å². The summed E-state index contributed by atoms with van der Waals surface area (Å²) >= 11 is 0. The van der Waals surface area contributed by atoms with Gasteiger partial charge in [0.05, 0.1) is 0 Å². The van der Waals surface area contributed by atoms with Crippen molar-refractivity contribution in [3.05, 3.63) is 30.1 Å². The Labute approximate surface area is 101 Å². The molecule has 0 spiro atoms. The lowest BCUT2D eigenvalue weighted by Crippen LogP contribution is -2.48. The standard InChI is InChI=1S/C12H18N4O/c13-7-11-12(17)15-5-2-6-16(11)9-10-3-1-4-14-8-10/h1,3-4,8,11H,2,5-7,9,13H2,(H,15,17). The van der Waals surface area contributed by atoms with Gasteiger partial charge in [-0.05, 0) is 18.1 Å². The first-order chi connectivity index (χ1) is 8.31. The first-order valence-electron chi connectivity index (χ1n) is 5.92. The second-order valence-electron chi connectivity index (χ2n) is 4.23. The molecule has 5 nitrogen and oxygen atoms in total. The zero-order valence-corrected chi connectivity index (χ0v) is 9.80. The SMILES string of the molecule is NCC1C(=O)NCCCN1Cc1cccnc1. The van der Waals surface area contributed by atoms with Gasteiger partial charge in [-0.3, -0.25) is 14.7 Å². The van der Waals surface area contributed by atoms with Crippen molar-refractivity contribution in [2.75, 3.05) is 19.6 Å². The number of hydrogen-bond acceptors (Lipinski definition) is 4. The van der Waals surface area contributed by atoms with E-state index in [1.807, 2.05) is 18.3 Å². The van der Waals surface area contributed by atoms with Crippen molar-refractivity contribution in [2.45, 2.75) is 19.0 Å². The molecule has 0 aromatic carbocycles. The molecule has 2 rings (SSSR count). The van der Waals surface area contributed by atoms with Crippen LogP contribution >= 0.6 is 0 Å². The van der Waals surface area contributed by atoms with Crippen molar-refractivity contribution in [3.8, 4) is 0 Å². The fourth-order valence-electron chi connectivity index (χ4n) is 2.10. The smallest absolute Gasteiger partial charge is 0.238 e. The highest BCUT2D eigenvalue weighted by Gasteiger charge is 2.26. The molecule has 92 valence electrons. The van der Waals surface area contributed by atoms with Crippen molar-refractivity contribution in [1.82, 2.24) is 15.2 Å². The maximum Gasteiger partial charge on any atom is 0.238 e. The fourth-order valence-corrected chi connectivity index (χ4v) is 2.10. The molecule has 5 heteroatoms. The minimum Gasteiger partial charge on any atom is -0.355 e. The van der Waals surface area contributed by atoms with Crippen LogP contribution in [0, 0.1) is 0 Å². The molecule has 1 aliphatic heterocycles. The molecule has 1 fully saturated rings. The molecular weight excluding hydrogens is 216 g/mol. The Morgan fingerprint density at radius 2 is 2.47 bits per heavy atom. The van der Waals surface area contributed by atoms with Crippen molar-refractivity contribution in [1.29, 1.82) is 0 Å². The van der Waals surface area contributed by atoms with Crippen LogP contribution in [0.3, 0.4) is 0 Å². The average molecular weight is 234 g/mol. The highest BCUT2D eigenvalue weighted by molar-refractivity contribution is 5.82. The molecule has 0 saturated carbocycles. The Kier molecular flexibility index (Phi) is 4.06. The second-order valence-corrected chi connectivity index (χ2v) is 4.23. The largest absolute Gasteiger partial charge is 0.355 e. The van der Waals surface area contributed by atoms with Crippen LogP contribution in [0.2, 0.25) is 0 Å². The van der Waals surface area contributed by atoms with E-state index in [-0.39, 0.29) is 11.9 Å². The predicted octanol–water partition coefficient (Wildman–Crippen LogP) is -0.269. The van der Waals surface area contributed by atoms with Gasteiger partial charge < -0.3 is 11.1 Å². The van der Waals surface area contributed by atoms with Gasteiger partial charge in [0.15, 0.2) is 0 Å². The highest BCUT2D eigenvalue weighted by Crippen LogP contribution is 2.10. The topological polar surface area (TPSA) is 71.2 Å². The zero-order chi connectivity index (χ0) is 12.1. The van der Waals surface area contributed by atoms with Gasteiger partial charge in [0, 0.05) is 38.6 Å². The number of rotatable bonds is 3. The van der Waals surface area contributed by atoms with Crippen LogP contribution in [0.1, 0.15) is 12.0 Å². The molecule has 2 heterocycles. The van der Waals surface area contributed by atoms with Gasteiger partial charge in [0.25, 0.3) is 0 Å². The summed E-state index contributed by atoms with van der Waals surface area (Å²) in [6.45, 7) is 2.70. The molecule has 1 unspecified atom stereocenters. The Hall–Kier alpha value is -1.46. The van der Waals surface area contributed by atoms with E-state index < -0.39 is 0 Å². The van der Waals surface area contributed by atoms with Crippen LogP contribution in [-0.2, 0) is 11.3 Å². The number of amides is 1. The van der Waals surface area contributed by atoms with Crippen molar-refractivity contribution in [2.24, 2.45) is 5.73 Å². The quantitative estimate of drug-likeness (QED) is 0.755. The predicted molar refractivity (Wildman–Crippen MR) is 65.1 cm³/mol. The lowest BCUT2D eigenvalue weighted by atomic mass is 10.2. The minimum atomic E-state index is -0.224. The minimum absolute atomic E-state index is 0.0360. The van der Waals surface area contributed by atoms with E-state index in [0.29, 0.717) is 6.54 Å². The maximum absolute atomic E-state index is 11.8. The molecule has 1 aromatic heterocycles. The van der Waals surface area contributed by atoms with Gasteiger partial charge in [-0.15, -0.1) is 0 Å². The molecule has 0 aliphatic carbocycles. The molecule has 3 N–H and O–H groups in total. The summed E-state index contributed by atoms with van der Waals surface area (Å²) < 4.78 is 0. The third-order valence-electron chi connectivity index (χ3n) is 3.00. The van der Waals surface area contributed by atoms with Crippen LogP contribution < -0.4 is 11.1 Å². The normalized spacial score (nSPS) is 21.9. The monoisotopic (exact) mass is 234 g/mol. The third kappa shape index (κ3) is 3.01. The van der Waals surface area contributed by atoms with Crippen LogP contribution in [0.15, 0.2) is 24.5 Å². The van der Waals surface area contributed by atoms with E-state index in [1.165, 1.54) is 0 Å². The Balaban J connectivity index is 2.09. The molecule has 17 heavy (non-hydrogen) atoms. The second kappa shape index (κ2) is 5.75. The number of nitrogens with two attached hydrogens (primary N) is 1. The van der Waals surface area contributed by atoms with E-state index in [0.717, 1.165) is 31.6 Å². The number of carbonyl (C=O) groups is 1. The molecule has 0 bridgehead atoms. The lowest BCUT2D eigenvalue weighted by molar-refractivity contribution is -0.125. The van der Waals surface area contributed by atoms with Crippen LogP contribution in [0.5, 0.6) is 0 Å². The molecule has 0 radical (unpaired) electrons. The summed E-state index contributed by atoms with van der Waals surface area (Å²) in [5.74, 6) is 0.0360. The third-order valence-corrected chi connectivity index (χ3v) is 3.00. The first kappa shape index (κ1) is 12.0. The van der Waals surface area contributed by atoms with Gasteiger partial charge in [0.2, 0.25) is 5.91 Å². The van der Waals surface area contributed by atoms with Crippen molar-refractivity contribution in [3.63, 3.8) is 0 Å². The number of nitrogens with zero attached hydrogens (tertiary/aromatic N) is 2. The van der Waals surface area contributed by atoms with E-state index in [4.69, 9.17) is 5.73 Å². The van der Waals surface area contributed by atoms with Crippen LogP contribution in [0.25, 0.3) is 0 Å². The van der Waals surface area contributed by atoms with Gasteiger partial charge in [0.1, 0.15) is 6.04 Å². The summed E-state index contributed by atoms with van der Waals surface area (Å²) in [5.41, 5.74) is 6.80. The van der Waals surface area contributed by atoms with Crippen LogP contribution in [-0.4, -0.2) is 41.5 Å². The number of hydrogen-bond donors (Lipinski definition) is 2. The van der Waals surface area contributed by atoms with Crippen molar-refractivity contribution >= 4 is 5.91 Å². The van der Waals surface area contributed by atoms with E-state index >= 15 is 0 Å². The lowest BCUT2D eigenvalue weighted by Gasteiger charge is -2.26. The summed E-state index contributed by atoms with van der Waals surface area (Å²) in [5, 5.41) is 2.89. The van der Waals surface area contributed by atoms with E-state index in [9.17, 15) is 4.79 Å². The Morgan fingerprint density at radius 1 is 1.59 bits per heavy atom. The number of nitrogens with one attached hydrogen (secondary N) is 1. The molecule has 1 atom stereocenters.